The number of rotatable bonds is 3. The molecule has 2 N–H and O–H groups in total. The fourth-order valence-corrected chi connectivity index (χ4v) is 0.728. The lowest BCUT2D eigenvalue weighted by Gasteiger charge is -2.06. The first kappa shape index (κ1) is 10.2. The average molecular weight is 155 g/mol. The van der Waals surface area contributed by atoms with E-state index in [1.807, 2.05) is 13.0 Å². The Hall–Kier alpha value is -0.760. The Morgan fingerprint density at radius 1 is 1.36 bits per heavy atom. The smallest absolute Gasteiger partial charge is 0.111 e. The summed E-state index contributed by atoms with van der Waals surface area (Å²) in [6, 6.07) is 0. The molecule has 0 aliphatic rings. The lowest BCUT2D eigenvalue weighted by atomic mass is 10.0. The predicted molar refractivity (Wildman–Crippen MR) is 47.6 cm³/mol. The first-order valence-corrected chi connectivity index (χ1v) is 3.79. The molecule has 0 rings (SSSR count). The summed E-state index contributed by atoms with van der Waals surface area (Å²) in [5, 5.41) is 0. The van der Waals surface area contributed by atoms with Gasteiger partial charge in [-0.2, -0.15) is 5.90 Å². The summed E-state index contributed by atoms with van der Waals surface area (Å²) >= 11 is 0. The molecule has 0 aliphatic heterocycles. The van der Waals surface area contributed by atoms with E-state index in [-0.39, 0.29) is 0 Å². The zero-order chi connectivity index (χ0) is 8.85. The number of hydrogen-bond donors (Lipinski definition) is 1. The van der Waals surface area contributed by atoms with E-state index < -0.39 is 0 Å². The van der Waals surface area contributed by atoms with Crippen LogP contribution in [0.25, 0.3) is 0 Å². The Kier molecular flexibility index (Phi) is 4.62. The van der Waals surface area contributed by atoms with Crippen molar-refractivity contribution in [3.05, 3.63) is 23.5 Å². The highest BCUT2D eigenvalue weighted by atomic mass is 16.6. The molecule has 0 heterocycles. The van der Waals surface area contributed by atoms with Gasteiger partial charge in [-0.3, -0.25) is 0 Å². The lowest BCUT2D eigenvalue weighted by molar-refractivity contribution is 0.261. The van der Waals surface area contributed by atoms with Gasteiger partial charge in [-0.15, -0.1) is 0 Å². The Bertz CT molecular complexity index is 168. The van der Waals surface area contributed by atoms with Crippen LogP contribution in [-0.4, -0.2) is 0 Å². The van der Waals surface area contributed by atoms with Crippen molar-refractivity contribution in [2.75, 3.05) is 0 Å². The van der Waals surface area contributed by atoms with Gasteiger partial charge in [0.2, 0.25) is 0 Å². The molecule has 0 atom stereocenters. The molecule has 0 bridgehead atoms. The quantitative estimate of drug-likeness (QED) is 0.386. The van der Waals surface area contributed by atoms with Crippen molar-refractivity contribution in [3.63, 3.8) is 0 Å². The molecule has 0 aliphatic carbocycles. The summed E-state index contributed by atoms with van der Waals surface area (Å²) in [5.41, 5.74) is 2.57. The summed E-state index contributed by atoms with van der Waals surface area (Å²) < 4.78 is 0. The molecule has 0 amide bonds. The summed E-state index contributed by atoms with van der Waals surface area (Å²) in [4.78, 5) is 4.33. The van der Waals surface area contributed by atoms with E-state index >= 15 is 0 Å². The van der Waals surface area contributed by atoms with Crippen LogP contribution in [0.5, 0.6) is 0 Å². The van der Waals surface area contributed by atoms with Gasteiger partial charge in [0.25, 0.3) is 0 Å². The monoisotopic (exact) mass is 155 g/mol. The maximum Gasteiger partial charge on any atom is 0.111 e. The van der Waals surface area contributed by atoms with Crippen molar-refractivity contribution >= 4 is 0 Å². The summed E-state index contributed by atoms with van der Waals surface area (Å²) in [5.74, 6) is 5.42. The summed E-state index contributed by atoms with van der Waals surface area (Å²) in [6.45, 7) is 8.48. The second-order valence-electron chi connectivity index (χ2n) is 2.96. The lowest BCUT2D eigenvalue weighted by Crippen LogP contribution is -1.93. The van der Waals surface area contributed by atoms with E-state index in [2.05, 4.69) is 25.6 Å². The highest BCUT2D eigenvalue weighted by Gasteiger charge is 1.98. The van der Waals surface area contributed by atoms with Crippen LogP contribution in [0.4, 0.5) is 0 Å². The standard InChI is InChI=1S/C9H17NO/c1-7(2)9(4)8(3)5-6-11-10/h5-7H,10H2,1-4H3/b6-5-,9-8+. The fourth-order valence-electron chi connectivity index (χ4n) is 0.728. The average Bonchev–Trinajstić information content (AvgIpc) is 1.98. The highest BCUT2D eigenvalue weighted by molar-refractivity contribution is 5.22. The SMILES string of the molecule is CC(/C=C\ON)=C(/C)C(C)C. The molecule has 0 saturated carbocycles. The molecule has 64 valence electrons. The maximum absolute atomic E-state index is 4.84. The van der Waals surface area contributed by atoms with E-state index in [0.717, 1.165) is 0 Å². The maximum atomic E-state index is 4.84. The highest BCUT2D eigenvalue weighted by Crippen LogP contribution is 2.14. The van der Waals surface area contributed by atoms with Crippen LogP contribution in [0, 0.1) is 5.92 Å². The molecule has 11 heavy (non-hydrogen) atoms. The van der Waals surface area contributed by atoms with E-state index in [1.165, 1.54) is 17.4 Å². The van der Waals surface area contributed by atoms with Crippen LogP contribution in [0.15, 0.2) is 23.5 Å². The summed E-state index contributed by atoms with van der Waals surface area (Å²) in [7, 11) is 0. The van der Waals surface area contributed by atoms with Crippen molar-refractivity contribution in [3.8, 4) is 0 Å². The normalized spacial score (nSPS) is 14.0. The Balaban J connectivity index is 4.27. The number of hydrogen-bond acceptors (Lipinski definition) is 2. The summed E-state index contributed by atoms with van der Waals surface area (Å²) in [6.07, 6.45) is 3.36. The van der Waals surface area contributed by atoms with E-state index in [9.17, 15) is 0 Å². The molecule has 0 radical (unpaired) electrons. The molecular weight excluding hydrogens is 138 g/mol. The van der Waals surface area contributed by atoms with Gasteiger partial charge in [-0.25, -0.2) is 0 Å². The molecule has 0 fully saturated rings. The van der Waals surface area contributed by atoms with Crippen LogP contribution < -0.4 is 5.90 Å². The zero-order valence-corrected chi connectivity index (χ0v) is 7.72. The van der Waals surface area contributed by atoms with Gasteiger partial charge in [0.1, 0.15) is 6.26 Å². The third-order valence-corrected chi connectivity index (χ3v) is 1.88. The Labute approximate surface area is 68.7 Å². The van der Waals surface area contributed by atoms with Crippen molar-refractivity contribution in [2.45, 2.75) is 27.7 Å². The van der Waals surface area contributed by atoms with Crippen LogP contribution in [-0.2, 0) is 4.84 Å². The van der Waals surface area contributed by atoms with Gasteiger partial charge in [0.15, 0.2) is 0 Å². The first-order valence-electron chi connectivity index (χ1n) is 3.79. The molecule has 0 aromatic carbocycles. The van der Waals surface area contributed by atoms with E-state index in [0.29, 0.717) is 5.92 Å². The molecule has 2 nitrogen and oxygen atoms in total. The molecule has 0 unspecified atom stereocenters. The molecule has 0 aromatic heterocycles. The van der Waals surface area contributed by atoms with Gasteiger partial charge < -0.3 is 4.84 Å². The number of allylic oxidation sites excluding steroid dienone is 3. The second-order valence-corrected chi connectivity index (χ2v) is 2.96. The van der Waals surface area contributed by atoms with Crippen molar-refractivity contribution in [2.24, 2.45) is 11.8 Å². The minimum Gasteiger partial charge on any atom is -0.419 e. The second kappa shape index (κ2) is 4.97. The van der Waals surface area contributed by atoms with Crippen LogP contribution in [0.3, 0.4) is 0 Å². The van der Waals surface area contributed by atoms with Crippen LogP contribution in [0.2, 0.25) is 0 Å². The molecule has 0 aromatic rings. The third-order valence-electron chi connectivity index (χ3n) is 1.88. The van der Waals surface area contributed by atoms with Gasteiger partial charge >= 0.3 is 0 Å². The van der Waals surface area contributed by atoms with Gasteiger partial charge in [-0.1, -0.05) is 19.4 Å². The van der Waals surface area contributed by atoms with Gasteiger partial charge in [0.05, 0.1) is 0 Å². The van der Waals surface area contributed by atoms with Crippen molar-refractivity contribution in [1.29, 1.82) is 0 Å². The number of nitrogens with two attached hydrogens (primary N) is 1. The Morgan fingerprint density at radius 2 is 1.91 bits per heavy atom. The first-order chi connectivity index (χ1) is 5.09. The predicted octanol–water partition coefficient (Wildman–Crippen LogP) is 2.38. The largest absolute Gasteiger partial charge is 0.419 e. The minimum absolute atomic E-state index is 0.581. The topological polar surface area (TPSA) is 35.2 Å². The third kappa shape index (κ3) is 3.83. The van der Waals surface area contributed by atoms with E-state index in [1.54, 1.807) is 0 Å². The molecule has 0 saturated heterocycles. The van der Waals surface area contributed by atoms with Gasteiger partial charge in [0, 0.05) is 0 Å². The van der Waals surface area contributed by atoms with Crippen molar-refractivity contribution < 1.29 is 4.84 Å². The molecule has 0 spiro atoms. The van der Waals surface area contributed by atoms with Gasteiger partial charge in [-0.05, 0) is 31.4 Å². The fraction of sp³-hybridized carbons (Fsp3) is 0.556. The molecule has 2 heteroatoms. The molecular formula is C9H17NO. The minimum atomic E-state index is 0.581. The van der Waals surface area contributed by atoms with Crippen molar-refractivity contribution in [1.82, 2.24) is 0 Å². The van der Waals surface area contributed by atoms with Crippen LogP contribution in [0.1, 0.15) is 27.7 Å². The Morgan fingerprint density at radius 3 is 2.27 bits per heavy atom. The van der Waals surface area contributed by atoms with Crippen LogP contribution >= 0.6 is 0 Å². The van der Waals surface area contributed by atoms with E-state index in [4.69, 9.17) is 5.90 Å². The zero-order valence-electron chi connectivity index (χ0n) is 7.72.